The molecule has 0 aliphatic rings. The van der Waals surface area contributed by atoms with Gasteiger partial charge < -0.3 is 15.6 Å². The number of aryl methyl sites for hydroxylation is 1. The van der Waals surface area contributed by atoms with E-state index >= 15 is 0 Å². The van der Waals surface area contributed by atoms with Crippen molar-refractivity contribution in [2.75, 3.05) is 6.54 Å². The van der Waals surface area contributed by atoms with E-state index in [0.29, 0.717) is 18.8 Å². The number of carbonyl (C=O) groups is 1. The van der Waals surface area contributed by atoms with Crippen LogP contribution in [0, 0.1) is 11.8 Å². The molecule has 0 saturated heterocycles. The van der Waals surface area contributed by atoms with E-state index in [2.05, 4.69) is 22.1 Å². The summed E-state index contributed by atoms with van der Waals surface area (Å²) >= 11 is 1.56. The van der Waals surface area contributed by atoms with Crippen LogP contribution in [0.15, 0.2) is 24.0 Å². The van der Waals surface area contributed by atoms with Crippen LogP contribution in [0.4, 0.5) is 0 Å². The number of thiophene rings is 1. The molecular formula is C13H14N4OS. The van der Waals surface area contributed by atoms with Gasteiger partial charge in [0.05, 0.1) is 19.4 Å². The van der Waals surface area contributed by atoms with Crippen LogP contribution >= 0.6 is 11.3 Å². The Morgan fingerprint density at radius 3 is 3.16 bits per heavy atom. The summed E-state index contributed by atoms with van der Waals surface area (Å²) in [6, 6.07) is 1.95. The minimum atomic E-state index is -0.177. The number of amides is 1. The molecule has 0 aliphatic carbocycles. The van der Waals surface area contributed by atoms with Gasteiger partial charge >= 0.3 is 0 Å². The standard InChI is InChI=1S/C13H14N4OS/c1-17-7-12(16-9-17)13(18)15-6-11-5-10(8-19-11)3-2-4-14/h5,7-9H,4,6,14H2,1H3,(H,15,18). The zero-order valence-corrected chi connectivity index (χ0v) is 11.3. The number of carbonyl (C=O) groups excluding carboxylic acids is 1. The van der Waals surface area contributed by atoms with Crippen LogP contribution < -0.4 is 11.1 Å². The molecule has 6 heteroatoms. The molecular weight excluding hydrogens is 260 g/mol. The zero-order chi connectivity index (χ0) is 13.7. The monoisotopic (exact) mass is 274 g/mol. The summed E-state index contributed by atoms with van der Waals surface area (Å²) in [5, 5.41) is 4.77. The molecule has 0 fully saturated rings. The van der Waals surface area contributed by atoms with Gasteiger partial charge in [0, 0.05) is 29.1 Å². The van der Waals surface area contributed by atoms with Gasteiger partial charge in [0.15, 0.2) is 0 Å². The molecule has 0 saturated carbocycles. The summed E-state index contributed by atoms with van der Waals surface area (Å²) in [5.41, 5.74) is 6.66. The van der Waals surface area contributed by atoms with Gasteiger partial charge in [-0.3, -0.25) is 4.79 Å². The summed E-state index contributed by atoms with van der Waals surface area (Å²) in [4.78, 5) is 16.8. The molecule has 2 rings (SSSR count). The molecule has 0 atom stereocenters. The summed E-state index contributed by atoms with van der Waals surface area (Å²) in [5.74, 6) is 5.57. The maximum atomic E-state index is 11.8. The molecule has 0 spiro atoms. The molecule has 0 bridgehead atoms. The Hall–Kier alpha value is -2.10. The molecule has 98 valence electrons. The van der Waals surface area contributed by atoms with Gasteiger partial charge in [-0.1, -0.05) is 11.8 Å². The Balaban J connectivity index is 1.92. The minimum Gasteiger partial charge on any atom is -0.346 e. The van der Waals surface area contributed by atoms with Crippen LogP contribution in [-0.2, 0) is 13.6 Å². The molecule has 1 amide bonds. The highest BCUT2D eigenvalue weighted by atomic mass is 32.1. The number of hydrogen-bond acceptors (Lipinski definition) is 4. The van der Waals surface area contributed by atoms with Crippen LogP contribution in [0.2, 0.25) is 0 Å². The number of hydrogen-bond donors (Lipinski definition) is 2. The van der Waals surface area contributed by atoms with E-state index in [-0.39, 0.29) is 5.91 Å². The number of nitrogens with one attached hydrogen (secondary N) is 1. The van der Waals surface area contributed by atoms with Gasteiger partial charge in [0.25, 0.3) is 5.91 Å². The van der Waals surface area contributed by atoms with Crippen molar-refractivity contribution in [3.8, 4) is 11.8 Å². The first-order chi connectivity index (χ1) is 9.19. The average molecular weight is 274 g/mol. The first kappa shape index (κ1) is 13.3. The summed E-state index contributed by atoms with van der Waals surface area (Å²) < 4.78 is 1.74. The van der Waals surface area contributed by atoms with Gasteiger partial charge in [-0.25, -0.2) is 4.98 Å². The van der Waals surface area contributed by atoms with Crippen molar-refractivity contribution in [1.29, 1.82) is 0 Å². The largest absolute Gasteiger partial charge is 0.346 e. The Morgan fingerprint density at radius 1 is 1.63 bits per heavy atom. The van der Waals surface area contributed by atoms with E-state index in [4.69, 9.17) is 5.73 Å². The van der Waals surface area contributed by atoms with Crippen molar-refractivity contribution in [3.63, 3.8) is 0 Å². The van der Waals surface area contributed by atoms with Crippen LogP contribution in [0.5, 0.6) is 0 Å². The van der Waals surface area contributed by atoms with Crippen molar-refractivity contribution in [2.24, 2.45) is 12.8 Å². The third-order valence-corrected chi connectivity index (χ3v) is 3.29. The lowest BCUT2D eigenvalue weighted by molar-refractivity contribution is 0.0946. The number of aromatic nitrogens is 2. The van der Waals surface area contributed by atoms with Crippen molar-refractivity contribution in [3.05, 3.63) is 40.1 Å². The van der Waals surface area contributed by atoms with Crippen molar-refractivity contribution >= 4 is 17.2 Å². The minimum absolute atomic E-state index is 0.177. The Labute approximate surface area is 115 Å². The fraction of sp³-hybridized carbons (Fsp3) is 0.231. The van der Waals surface area contributed by atoms with Crippen LogP contribution in [0.1, 0.15) is 20.9 Å². The molecule has 0 aromatic carbocycles. The fourth-order valence-corrected chi connectivity index (χ4v) is 2.24. The average Bonchev–Trinajstić information content (AvgIpc) is 3.02. The van der Waals surface area contributed by atoms with Crippen molar-refractivity contribution < 1.29 is 4.79 Å². The fourth-order valence-electron chi connectivity index (χ4n) is 1.48. The van der Waals surface area contributed by atoms with Crippen molar-refractivity contribution in [1.82, 2.24) is 14.9 Å². The highest BCUT2D eigenvalue weighted by molar-refractivity contribution is 7.10. The van der Waals surface area contributed by atoms with Crippen LogP contribution in [0.25, 0.3) is 0 Å². The Kier molecular flexibility index (Phi) is 4.34. The van der Waals surface area contributed by atoms with Crippen LogP contribution in [0.3, 0.4) is 0 Å². The molecule has 0 radical (unpaired) electrons. The number of rotatable bonds is 3. The molecule has 2 aromatic heterocycles. The second-order valence-corrected chi connectivity index (χ2v) is 4.91. The lowest BCUT2D eigenvalue weighted by atomic mass is 10.3. The van der Waals surface area contributed by atoms with Gasteiger partial charge in [0.1, 0.15) is 5.69 Å². The lowest BCUT2D eigenvalue weighted by Gasteiger charge is -1.99. The third kappa shape index (κ3) is 3.68. The molecule has 3 N–H and O–H groups in total. The molecule has 0 aliphatic heterocycles. The smallest absolute Gasteiger partial charge is 0.271 e. The second-order valence-electron chi connectivity index (χ2n) is 3.91. The quantitative estimate of drug-likeness (QED) is 0.810. The Bertz CT molecular complexity index is 632. The maximum absolute atomic E-state index is 11.8. The number of imidazole rings is 1. The van der Waals surface area contributed by atoms with Gasteiger partial charge in [0.2, 0.25) is 0 Å². The Morgan fingerprint density at radius 2 is 2.47 bits per heavy atom. The highest BCUT2D eigenvalue weighted by Gasteiger charge is 2.08. The predicted octanol–water partition coefficient (Wildman–Crippen LogP) is 0.722. The van der Waals surface area contributed by atoms with Crippen molar-refractivity contribution in [2.45, 2.75) is 6.54 Å². The molecule has 2 aromatic rings. The molecule has 0 unspecified atom stereocenters. The number of nitrogens with two attached hydrogens (primary N) is 1. The highest BCUT2D eigenvalue weighted by Crippen LogP contribution is 2.13. The summed E-state index contributed by atoms with van der Waals surface area (Å²) in [6.07, 6.45) is 3.28. The van der Waals surface area contributed by atoms with Gasteiger partial charge in [-0.15, -0.1) is 11.3 Å². The first-order valence-corrected chi connectivity index (χ1v) is 6.59. The summed E-state index contributed by atoms with van der Waals surface area (Å²) in [6.45, 7) is 0.825. The first-order valence-electron chi connectivity index (χ1n) is 5.71. The van der Waals surface area contributed by atoms with Gasteiger partial charge in [-0.2, -0.15) is 0 Å². The van der Waals surface area contributed by atoms with E-state index < -0.39 is 0 Å². The van der Waals surface area contributed by atoms with Crippen LogP contribution in [-0.4, -0.2) is 22.0 Å². The third-order valence-electron chi connectivity index (χ3n) is 2.35. The topological polar surface area (TPSA) is 72.9 Å². The van der Waals surface area contributed by atoms with E-state index in [1.165, 1.54) is 0 Å². The normalized spacial score (nSPS) is 9.79. The second kappa shape index (κ2) is 6.18. The summed E-state index contributed by atoms with van der Waals surface area (Å²) in [7, 11) is 1.82. The molecule has 2 heterocycles. The van der Waals surface area contributed by atoms with E-state index in [9.17, 15) is 4.79 Å². The molecule has 19 heavy (non-hydrogen) atoms. The van der Waals surface area contributed by atoms with E-state index in [0.717, 1.165) is 10.4 Å². The van der Waals surface area contributed by atoms with E-state index in [1.807, 2.05) is 18.5 Å². The SMILES string of the molecule is Cn1cnc(C(=O)NCc2cc(C#CCN)cs2)c1. The van der Waals surface area contributed by atoms with Gasteiger partial charge in [-0.05, 0) is 6.07 Å². The maximum Gasteiger partial charge on any atom is 0.271 e. The number of nitrogens with zero attached hydrogens (tertiary/aromatic N) is 2. The lowest BCUT2D eigenvalue weighted by Crippen LogP contribution is -2.22. The van der Waals surface area contributed by atoms with E-state index in [1.54, 1.807) is 28.4 Å². The zero-order valence-electron chi connectivity index (χ0n) is 10.5. The molecule has 5 nitrogen and oxygen atoms in total. The predicted molar refractivity (Wildman–Crippen MR) is 74.6 cm³/mol.